The van der Waals surface area contributed by atoms with Crippen LogP contribution >= 0.6 is 11.3 Å². The van der Waals surface area contributed by atoms with Gasteiger partial charge in [-0.15, -0.1) is 11.3 Å². The van der Waals surface area contributed by atoms with Gasteiger partial charge in [-0.3, -0.25) is 4.79 Å². The van der Waals surface area contributed by atoms with Crippen molar-refractivity contribution in [3.63, 3.8) is 0 Å². The second-order valence-electron chi connectivity index (χ2n) is 5.38. The van der Waals surface area contributed by atoms with Crippen molar-refractivity contribution in [2.24, 2.45) is 0 Å². The first-order chi connectivity index (χ1) is 11.6. The number of nitrogens with zero attached hydrogens (tertiary/aromatic N) is 3. The number of anilines is 3. The molecule has 1 aromatic carbocycles. The molecule has 0 saturated heterocycles. The zero-order valence-electron chi connectivity index (χ0n) is 13.4. The highest BCUT2D eigenvalue weighted by Gasteiger charge is 2.10. The third-order valence-corrected chi connectivity index (χ3v) is 4.15. The van der Waals surface area contributed by atoms with Gasteiger partial charge in [0.15, 0.2) is 5.13 Å². The zero-order valence-corrected chi connectivity index (χ0v) is 14.2. The average molecular weight is 339 g/mol. The summed E-state index contributed by atoms with van der Waals surface area (Å²) in [6.45, 7) is 3.97. The molecule has 0 aliphatic rings. The molecule has 3 aromatic rings. The number of benzene rings is 1. The number of aryl methyl sites for hydroxylation is 2. The maximum atomic E-state index is 12.2. The summed E-state index contributed by atoms with van der Waals surface area (Å²) in [7, 11) is 0. The van der Waals surface area contributed by atoms with E-state index in [-0.39, 0.29) is 12.3 Å². The fourth-order valence-electron chi connectivity index (χ4n) is 2.13. The predicted octanol–water partition coefficient (Wildman–Crippen LogP) is 3.47. The van der Waals surface area contributed by atoms with Gasteiger partial charge in [0.25, 0.3) is 0 Å². The van der Waals surface area contributed by atoms with Crippen molar-refractivity contribution in [3.8, 4) is 0 Å². The summed E-state index contributed by atoms with van der Waals surface area (Å²) in [4.78, 5) is 24.8. The highest BCUT2D eigenvalue weighted by Crippen LogP contribution is 2.20. The van der Waals surface area contributed by atoms with Crippen LogP contribution in [0, 0.1) is 13.8 Å². The summed E-state index contributed by atoms with van der Waals surface area (Å²) < 4.78 is 0. The first-order valence-electron chi connectivity index (χ1n) is 7.46. The van der Waals surface area contributed by atoms with E-state index in [1.54, 1.807) is 18.5 Å². The topological polar surface area (TPSA) is 79.8 Å². The van der Waals surface area contributed by atoms with Crippen LogP contribution in [-0.4, -0.2) is 20.9 Å². The van der Waals surface area contributed by atoms with Crippen LogP contribution in [0.1, 0.15) is 16.8 Å². The molecule has 2 heterocycles. The number of rotatable bonds is 5. The number of aromatic nitrogens is 3. The zero-order chi connectivity index (χ0) is 16.9. The third-order valence-electron chi connectivity index (χ3n) is 3.35. The lowest BCUT2D eigenvalue weighted by Crippen LogP contribution is -2.15. The predicted molar refractivity (Wildman–Crippen MR) is 95.7 cm³/mol. The van der Waals surface area contributed by atoms with Gasteiger partial charge in [-0.25, -0.2) is 15.0 Å². The number of carbonyl (C=O) groups is 1. The summed E-state index contributed by atoms with van der Waals surface area (Å²) in [6.07, 6.45) is 3.53. The fraction of sp³-hybridized carbons (Fsp3) is 0.176. The third kappa shape index (κ3) is 4.14. The monoisotopic (exact) mass is 339 g/mol. The Morgan fingerprint density at radius 2 is 2.00 bits per heavy atom. The minimum absolute atomic E-state index is 0.0866. The van der Waals surface area contributed by atoms with Crippen molar-refractivity contribution in [1.29, 1.82) is 0 Å². The molecule has 122 valence electrons. The Labute approximate surface area is 144 Å². The van der Waals surface area contributed by atoms with Crippen molar-refractivity contribution in [3.05, 3.63) is 58.9 Å². The second kappa shape index (κ2) is 7.18. The van der Waals surface area contributed by atoms with Crippen LogP contribution in [0.25, 0.3) is 0 Å². The normalized spacial score (nSPS) is 10.4. The Morgan fingerprint density at radius 3 is 2.79 bits per heavy atom. The van der Waals surface area contributed by atoms with E-state index in [4.69, 9.17) is 0 Å². The Hall–Kier alpha value is -2.80. The van der Waals surface area contributed by atoms with Gasteiger partial charge < -0.3 is 10.6 Å². The number of nitrogens with one attached hydrogen (secondary N) is 2. The van der Waals surface area contributed by atoms with E-state index in [2.05, 4.69) is 25.6 Å². The fourth-order valence-corrected chi connectivity index (χ4v) is 2.84. The van der Waals surface area contributed by atoms with E-state index in [9.17, 15) is 4.79 Å². The molecule has 1 amide bonds. The number of thiazole rings is 1. The van der Waals surface area contributed by atoms with Crippen LogP contribution in [0.4, 0.5) is 16.8 Å². The van der Waals surface area contributed by atoms with Crippen molar-refractivity contribution >= 4 is 34.0 Å². The molecule has 0 bridgehead atoms. The summed E-state index contributed by atoms with van der Waals surface area (Å²) >= 11 is 1.42. The van der Waals surface area contributed by atoms with Gasteiger partial charge in [0, 0.05) is 23.5 Å². The molecular weight excluding hydrogens is 322 g/mol. The molecule has 2 aromatic heterocycles. The summed E-state index contributed by atoms with van der Waals surface area (Å²) in [5.74, 6) is 0.398. The first kappa shape index (κ1) is 16.1. The van der Waals surface area contributed by atoms with Gasteiger partial charge in [-0.2, -0.15) is 0 Å². The van der Waals surface area contributed by atoms with E-state index in [0.717, 1.165) is 16.8 Å². The lowest BCUT2D eigenvalue weighted by molar-refractivity contribution is -0.115. The number of carbonyl (C=O) groups excluding carboxylic acids is 1. The van der Waals surface area contributed by atoms with Gasteiger partial charge in [0.1, 0.15) is 0 Å². The van der Waals surface area contributed by atoms with Crippen LogP contribution in [0.3, 0.4) is 0 Å². The van der Waals surface area contributed by atoms with Crippen LogP contribution in [0.2, 0.25) is 0 Å². The number of amides is 1. The van der Waals surface area contributed by atoms with E-state index in [0.29, 0.717) is 16.8 Å². The van der Waals surface area contributed by atoms with Gasteiger partial charge in [0.05, 0.1) is 12.1 Å². The van der Waals surface area contributed by atoms with Crippen molar-refractivity contribution in [2.75, 3.05) is 10.6 Å². The summed E-state index contributed by atoms with van der Waals surface area (Å²) in [5.41, 5.74) is 3.70. The van der Waals surface area contributed by atoms with E-state index < -0.39 is 0 Å². The molecule has 7 heteroatoms. The minimum atomic E-state index is -0.0866. The van der Waals surface area contributed by atoms with Crippen molar-refractivity contribution in [1.82, 2.24) is 15.0 Å². The largest absolute Gasteiger partial charge is 0.325 e. The Bertz CT molecular complexity index is 847. The summed E-state index contributed by atoms with van der Waals surface area (Å²) in [5, 5.41) is 8.47. The van der Waals surface area contributed by atoms with Crippen molar-refractivity contribution in [2.45, 2.75) is 20.3 Å². The van der Waals surface area contributed by atoms with E-state index in [1.165, 1.54) is 11.3 Å². The van der Waals surface area contributed by atoms with Crippen LogP contribution < -0.4 is 10.6 Å². The quantitative estimate of drug-likeness (QED) is 0.744. The number of hydrogen-bond donors (Lipinski definition) is 2. The van der Waals surface area contributed by atoms with Gasteiger partial charge >= 0.3 is 0 Å². The summed E-state index contributed by atoms with van der Waals surface area (Å²) in [6, 6.07) is 7.73. The highest BCUT2D eigenvalue weighted by molar-refractivity contribution is 7.13. The maximum absolute atomic E-state index is 12.2. The highest BCUT2D eigenvalue weighted by atomic mass is 32.1. The minimum Gasteiger partial charge on any atom is -0.325 e. The molecule has 6 nitrogen and oxygen atoms in total. The molecule has 0 spiro atoms. The van der Waals surface area contributed by atoms with Crippen LogP contribution in [0.5, 0.6) is 0 Å². The molecule has 0 unspecified atom stereocenters. The molecule has 0 aliphatic heterocycles. The lowest BCUT2D eigenvalue weighted by atomic mass is 10.1. The standard InChI is InChI=1S/C17H17N5OS/c1-11-4-5-12(2)14(8-11)21-15(23)9-13-10-24-17(20-13)22-16-18-6-3-7-19-16/h3-8,10H,9H2,1-2H3,(H,21,23)(H,18,19,20,22). The van der Waals surface area contributed by atoms with Gasteiger partial charge in [-0.1, -0.05) is 12.1 Å². The van der Waals surface area contributed by atoms with Crippen molar-refractivity contribution < 1.29 is 4.79 Å². The van der Waals surface area contributed by atoms with Gasteiger partial charge in [-0.05, 0) is 37.1 Å². The number of hydrogen-bond acceptors (Lipinski definition) is 6. The molecule has 3 rings (SSSR count). The molecule has 24 heavy (non-hydrogen) atoms. The molecule has 2 N–H and O–H groups in total. The second-order valence-corrected chi connectivity index (χ2v) is 6.24. The average Bonchev–Trinajstić information content (AvgIpc) is 2.98. The molecule has 0 saturated carbocycles. The van der Waals surface area contributed by atoms with E-state index in [1.807, 2.05) is 37.4 Å². The molecule has 0 atom stereocenters. The Morgan fingerprint density at radius 1 is 1.21 bits per heavy atom. The molecule has 0 radical (unpaired) electrons. The van der Waals surface area contributed by atoms with Crippen LogP contribution in [0.15, 0.2) is 42.0 Å². The molecular formula is C17H17N5OS. The SMILES string of the molecule is Cc1ccc(C)c(NC(=O)Cc2csc(Nc3ncccn3)n2)c1. The first-order valence-corrected chi connectivity index (χ1v) is 8.33. The lowest BCUT2D eigenvalue weighted by Gasteiger charge is -2.08. The molecule has 0 aliphatic carbocycles. The Balaban J connectivity index is 1.62. The van der Waals surface area contributed by atoms with E-state index >= 15 is 0 Å². The van der Waals surface area contributed by atoms with Gasteiger partial charge in [0.2, 0.25) is 11.9 Å². The Kier molecular flexibility index (Phi) is 4.81. The smallest absolute Gasteiger partial charge is 0.230 e. The molecule has 0 fully saturated rings. The van der Waals surface area contributed by atoms with Crippen LogP contribution in [-0.2, 0) is 11.2 Å². The maximum Gasteiger partial charge on any atom is 0.230 e.